The van der Waals surface area contributed by atoms with Crippen molar-refractivity contribution in [2.75, 3.05) is 0 Å². The normalized spacial score (nSPS) is 4.21. The van der Waals surface area contributed by atoms with Crippen LogP contribution in [0.2, 0.25) is 0 Å². The summed E-state index contributed by atoms with van der Waals surface area (Å²) >= 11 is -2.51. The van der Waals surface area contributed by atoms with E-state index in [1.54, 1.807) is 0 Å². The fraction of sp³-hybridized carbons (Fsp3) is 0. The van der Waals surface area contributed by atoms with Gasteiger partial charge in [0.15, 0.2) is 0 Å². The van der Waals surface area contributed by atoms with Crippen molar-refractivity contribution >= 4 is 18.5 Å². The summed E-state index contributed by atoms with van der Waals surface area (Å²) < 4.78 is 17.2. The predicted molar refractivity (Wildman–Crippen MR) is 41.5 cm³/mol. The number of quaternary nitrogens is 4. The molecule has 118 valence electrons. The van der Waals surface area contributed by atoms with E-state index >= 15 is 0 Å². The van der Waals surface area contributed by atoms with Crippen LogP contribution in [0.3, 0.4) is 0 Å². The first kappa shape index (κ1) is 53.1. The average Bonchev–Trinajstić information content (AvgIpc) is 1.81. The molecule has 0 heterocycles. The Bertz CT molecular complexity index is 187. The molecule has 15 nitrogen and oxygen atoms in total. The zero-order valence-electron chi connectivity index (χ0n) is 10.5. The second kappa shape index (κ2) is 55.4. The van der Waals surface area contributed by atoms with Crippen LogP contribution in [-0.2, 0) is 4.47 Å². The first-order chi connectivity index (χ1) is 6.61. The molecule has 0 aromatic heterocycles. The van der Waals surface area contributed by atoms with Gasteiger partial charge in [-0.15, -0.1) is 0 Å². The molecule has 0 aromatic carbocycles. The van der Waals surface area contributed by atoms with Crippen LogP contribution in [0.5, 0.6) is 0 Å². The van der Waals surface area contributed by atoms with Crippen LogP contribution < -0.4 is 55.2 Å². The molecule has 0 fully saturated rings. The van der Waals surface area contributed by atoms with E-state index < -0.39 is 46.3 Å². The van der Waals surface area contributed by atoms with E-state index in [4.69, 9.17) is 49.5 Å². The van der Waals surface area contributed by atoms with Crippen LogP contribution in [0.1, 0.15) is 0 Å². The van der Waals surface area contributed by atoms with Gasteiger partial charge in [0.05, 0.1) is 0 Å². The number of hydrogen-bond donors (Lipinski definition) is 4. The molecule has 0 aliphatic heterocycles. The molecule has 16 N–H and O–H groups in total. The number of carbonyl (C=O) groups excluding carboxylic acids is 3. The standard InChI is InChI=1S/3CH2O3.4H3N.2O.U/c3*2-1(3)4;;;;;;;/h3*(H2,2,3,4);4*1H3;;;/q;;;;;;;;;+2/p-2. The Morgan fingerprint density at radius 1 is 0.526 bits per heavy atom. The van der Waals surface area contributed by atoms with E-state index in [9.17, 15) is 0 Å². The van der Waals surface area contributed by atoms with Crippen molar-refractivity contribution in [1.29, 1.82) is 0 Å². The Hall–Kier alpha value is -1.70. The van der Waals surface area contributed by atoms with Crippen LogP contribution >= 0.6 is 0 Å². The molecule has 0 aromatic rings. The van der Waals surface area contributed by atoms with E-state index in [1.165, 1.54) is 0 Å². The summed E-state index contributed by atoms with van der Waals surface area (Å²) in [5, 5.41) is 50.0. The van der Waals surface area contributed by atoms with Gasteiger partial charge in [0.2, 0.25) is 0 Å². The van der Waals surface area contributed by atoms with Crippen molar-refractivity contribution in [2.45, 2.75) is 0 Å². The van der Waals surface area contributed by atoms with Crippen molar-refractivity contribution in [1.82, 2.24) is 24.6 Å². The van der Waals surface area contributed by atoms with E-state index in [2.05, 4.69) is 0 Å². The van der Waals surface area contributed by atoms with Crippen molar-refractivity contribution in [3.8, 4) is 0 Å². The van der Waals surface area contributed by atoms with Gasteiger partial charge in [0, 0.05) is 0 Å². The molecule has 0 radical (unpaired) electrons. The number of carbonyl (C=O) groups is 3. The molecule has 16 heteroatoms. The molecule has 0 aliphatic carbocycles. The van der Waals surface area contributed by atoms with Gasteiger partial charge in [0.1, 0.15) is 0 Å². The van der Waals surface area contributed by atoms with Crippen molar-refractivity contribution in [3.05, 3.63) is 0 Å². The third-order valence-electron chi connectivity index (χ3n) is 0. The summed E-state index contributed by atoms with van der Waals surface area (Å²) in [5.41, 5.74) is 0. The Labute approximate surface area is 120 Å². The monoisotopic (exact) mass is 522 g/mol. The third-order valence-corrected chi connectivity index (χ3v) is 0. The summed E-state index contributed by atoms with van der Waals surface area (Å²) in [6.45, 7) is 0. The number of carboxylic acid groups (broad SMARTS) is 6. The SMILES string of the molecule is O=C([O-])[O-].O=C([O-])[O-].O=C([O-])[O-].[NH4+].[NH4+].[NH4+].[NH4+].[O]=[U+2]=[O]. The van der Waals surface area contributed by atoms with Crippen LogP contribution in [0, 0.1) is 27.8 Å². The number of hydrogen-bond acceptors (Lipinski definition) is 11. The summed E-state index contributed by atoms with van der Waals surface area (Å²) in [7, 11) is 0. The van der Waals surface area contributed by atoms with E-state index in [0.717, 1.165) is 0 Å². The molecular weight excluding hydrogens is 506 g/mol. The molecule has 0 bridgehead atoms. The van der Waals surface area contributed by atoms with Gasteiger partial charge >= 0.3 is 32.3 Å². The first-order valence-corrected chi connectivity index (χ1v) is 5.65. The quantitative estimate of drug-likeness (QED) is 0.232. The topological polar surface area (TPSA) is 370 Å². The number of rotatable bonds is 0. The average molecular weight is 522 g/mol. The third kappa shape index (κ3) is 1160. The Morgan fingerprint density at radius 2 is 0.526 bits per heavy atom. The molecule has 0 unspecified atom stereocenters. The molecule has 0 spiro atoms. The summed E-state index contributed by atoms with van der Waals surface area (Å²) in [6.07, 6.45) is -7.00. The fourth-order valence-electron chi connectivity index (χ4n) is 0. The second-order valence-electron chi connectivity index (χ2n) is 0.833. The van der Waals surface area contributed by atoms with Gasteiger partial charge in [-0.25, -0.2) is 0 Å². The molecule has 0 aliphatic rings. The van der Waals surface area contributed by atoms with Crippen molar-refractivity contribution in [2.24, 2.45) is 0 Å². The minimum atomic E-state index is -2.51. The predicted octanol–water partition coefficient (Wildman–Crippen LogP) is -6.07. The van der Waals surface area contributed by atoms with Gasteiger partial charge in [-0.1, -0.05) is 0 Å². The van der Waals surface area contributed by atoms with E-state index in [0.29, 0.717) is 0 Å². The van der Waals surface area contributed by atoms with Crippen LogP contribution in [-0.4, -0.2) is 18.5 Å². The van der Waals surface area contributed by atoms with Crippen LogP contribution in [0.15, 0.2) is 0 Å². The maximum atomic E-state index is 8.58. The zero-order chi connectivity index (χ0) is 13.4. The molecule has 0 saturated heterocycles. The van der Waals surface area contributed by atoms with Crippen LogP contribution in [0.25, 0.3) is 0 Å². The molecule has 0 rings (SSSR count). The first-order valence-electron chi connectivity index (χ1n) is 2.25. The van der Waals surface area contributed by atoms with Gasteiger partial charge in [-0.2, -0.15) is 0 Å². The van der Waals surface area contributed by atoms with E-state index in [-0.39, 0.29) is 24.6 Å². The summed E-state index contributed by atoms with van der Waals surface area (Å²) in [5.74, 6) is 0. The second-order valence-corrected chi connectivity index (χ2v) is 1.53. The Kier molecular flexibility index (Phi) is 155. The zero-order valence-corrected chi connectivity index (χ0v) is 14.7. The summed E-state index contributed by atoms with van der Waals surface area (Å²) in [4.78, 5) is 25.0. The summed E-state index contributed by atoms with van der Waals surface area (Å²) in [6, 6.07) is 0. The van der Waals surface area contributed by atoms with Gasteiger partial charge in [-0.05, 0) is 18.5 Å². The molecule has 0 atom stereocenters. The molecule has 19 heavy (non-hydrogen) atoms. The van der Waals surface area contributed by atoms with E-state index in [1.807, 2.05) is 0 Å². The Morgan fingerprint density at radius 3 is 0.526 bits per heavy atom. The van der Waals surface area contributed by atoms with Crippen molar-refractivity contribution in [3.63, 3.8) is 0 Å². The van der Waals surface area contributed by atoms with Gasteiger partial charge in [0.25, 0.3) is 0 Å². The Balaban J connectivity index is -0.0000000133. The molecule has 0 saturated carbocycles. The van der Waals surface area contributed by atoms with Crippen LogP contribution in [0.4, 0.5) is 14.4 Å². The van der Waals surface area contributed by atoms with Gasteiger partial charge in [-0.3, -0.25) is 0 Å². The molecular formula is C3H16N4O11U. The van der Waals surface area contributed by atoms with Crippen molar-refractivity contribution < 1.29 is 77.3 Å². The maximum absolute atomic E-state index is 8.58. The van der Waals surface area contributed by atoms with Gasteiger partial charge < -0.3 is 69.6 Å². The molecule has 0 amide bonds. The fourth-order valence-corrected chi connectivity index (χ4v) is 0. The minimum absolute atomic E-state index is 0.